The van der Waals surface area contributed by atoms with Gasteiger partial charge in [-0.1, -0.05) is 27.2 Å². The van der Waals surface area contributed by atoms with Crippen molar-refractivity contribution in [1.82, 2.24) is 5.32 Å². The van der Waals surface area contributed by atoms with E-state index in [1.54, 1.807) is 0 Å². The van der Waals surface area contributed by atoms with Crippen molar-refractivity contribution in [1.29, 1.82) is 0 Å². The molecule has 2 amide bonds. The minimum absolute atomic E-state index is 0.000907. The third-order valence-electron chi connectivity index (χ3n) is 3.97. The minimum atomic E-state index is -0.595. The molecule has 1 saturated carbocycles. The quantitative estimate of drug-likeness (QED) is 0.677. The van der Waals surface area contributed by atoms with E-state index in [9.17, 15) is 9.59 Å². The van der Waals surface area contributed by atoms with Crippen molar-refractivity contribution in [3.8, 4) is 0 Å². The lowest BCUT2D eigenvalue weighted by Gasteiger charge is -2.34. The molecule has 5 nitrogen and oxygen atoms in total. The minimum Gasteiger partial charge on any atom is -0.368 e. The summed E-state index contributed by atoms with van der Waals surface area (Å²) in [6.07, 6.45) is 2.77. The Morgan fingerprint density at radius 2 is 1.89 bits per heavy atom. The van der Waals surface area contributed by atoms with Crippen molar-refractivity contribution < 1.29 is 9.59 Å². The van der Waals surface area contributed by atoms with Gasteiger partial charge in [-0.15, -0.1) is 0 Å². The van der Waals surface area contributed by atoms with Gasteiger partial charge in [-0.2, -0.15) is 0 Å². The first-order valence-corrected chi connectivity index (χ1v) is 6.69. The van der Waals surface area contributed by atoms with E-state index in [4.69, 9.17) is 11.5 Å². The number of primary amides is 1. The average molecular weight is 255 g/mol. The summed E-state index contributed by atoms with van der Waals surface area (Å²) in [5.41, 5.74) is 11.3. The van der Waals surface area contributed by atoms with E-state index in [2.05, 4.69) is 5.32 Å². The topological polar surface area (TPSA) is 98.2 Å². The number of carbonyl (C=O) groups is 2. The molecule has 1 rings (SSSR count). The summed E-state index contributed by atoms with van der Waals surface area (Å²) in [6, 6.07) is -0.525. The molecule has 1 aliphatic rings. The number of rotatable bonds is 4. The van der Waals surface area contributed by atoms with Crippen LogP contribution in [0, 0.1) is 17.8 Å². The summed E-state index contributed by atoms with van der Waals surface area (Å²) in [7, 11) is 0. The highest BCUT2D eigenvalue weighted by atomic mass is 16.2. The number of hydrogen-bond acceptors (Lipinski definition) is 3. The van der Waals surface area contributed by atoms with Crippen molar-refractivity contribution in [3.63, 3.8) is 0 Å². The van der Waals surface area contributed by atoms with Crippen LogP contribution in [-0.4, -0.2) is 23.9 Å². The molecule has 0 aromatic heterocycles. The number of carbonyl (C=O) groups excluding carboxylic acids is 2. The molecule has 5 heteroatoms. The Morgan fingerprint density at radius 3 is 2.39 bits per heavy atom. The van der Waals surface area contributed by atoms with Gasteiger partial charge in [0, 0.05) is 12.0 Å². The molecule has 0 radical (unpaired) electrons. The molecule has 4 unspecified atom stereocenters. The van der Waals surface area contributed by atoms with Gasteiger partial charge in [0.1, 0.15) is 6.04 Å². The van der Waals surface area contributed by atoms with Gasteiger partial charge >= 0.3 is 0 Å². The van der Waals surface area contributed by atoms with E-state index in [0.29, 0.717) is 0 Å². The zero-order valence-electron chi connectivity index (χ0n) is 11.5. The van der Waals surface area contributed by atoms with Crippen LogP contribution >= 0.6 is 0 Å². The lowest BCUT2D eigenvalue weighted by atomic mass is 9.76. The largest absolute Gasteiger partial charge is 0.368 e. The molecule has 0 heterocycles. The van der Waals surface area contributed by atoms with Gasteiger partial charge in [0.05, 0.1) is 0 Å². The van der Waals surface area contributed by atoms with E-state index in [1.165, 1.54) is 0 Å². The number of nitrogens with two attached hydrogens (primary N) is 2. The first kappa shape index (κ1) is 15.0. The fourth-order valence-corrected chi connectivity index (χ4v) is 2.59. The molecule has 5 N–H and O–H groups in total. The molecular weight excluding hydrogens is 230 g/mol. The van der Waals surface area contributed by atoms with Gasteiger partial charge in [-0.05, 0) is 24.7 Å². The second-order valence-corrected chi connectivity index (χ2v) is 5.69. The predicted octanol–water partition coefficient (Wildman–Crippen LogP) is 0.376. The molecule has 4 atom stereocenters. The van der Waals surface area contributed by atoms with Crippen LogP contribution < -0.4 is 16.8 Å². The SMILES string of the molecule is CC(C)C(NC(=O)C1CCCC(N)C1C)C(N)=O. The number of amides is 2. The van der Waals surface area contributed by atoms with E-state index in [0.717, 1.165) is 19.3 Å². The van der Waals surface area contributed by atoms with E-state index in [1.807, 2.05) is 20.8 Å². The molecule has 1 fully saturated rings. The Bertz CT molecular complexity index is 317. The van der Waals surface area contributed by atoms with Crippen LogP contribution in [0.5, 0.6) is 0 Å². The smallest absolute Gasteiger partial charge is 0.240 e. The molecule has 0 bridgehead atoms. The van der Waals surface area contributed by atoms with Crippen LogP contribution in [-0.2, 0) is 9.59 Å². The standard InChI is InChI=1S/C13H25N3O2/c1-7(2)11(12(15)17)16-13(18)9-5-4-6-10(14)8(9)3/h7-11H,4-6,14H2,1-3H3,(H2,15,17)(H,16,18). The molecule has 0 aromatic rings. The highest BCUT2D eigenvalue weighted by molar-refractivity contribution is 5.87. The fraction of sp³-hybridized carbons (Fsp3) is 0.846. The summed E-state index contributed by atoms with van der Waals surface area (Å²) >= 11 is 0. The summed E-state index contributed by atoms with van der Waals surface area (Å²) < 4.78 is 0. The van der Waals surface area contributed by atoms with Gasteiger partial charge in [0.25, 0.3) is 0 Å². The highest BCUT2D eigenvalue weighted by Gasteiger charge is 2.34. The molecule has 0 aromatic carbocycles. The monoisotopic (exact) mass is 255 g/mol. The molecule has 18 heavy (non-hydrogen) atoms. The van der Waals surface area contributed by atoms with Gasteiger partial charge in [-0.25, -0.2) is 0 Å². The molecule has 0 spiro atoms. The van der Waals surface area contributed by atoms with Crippen molar-refractivity contribution in [2.24, 2.45) is 29.2 Å². The molecule has 0 saturated heterocycles. The Hall–Kier alpha value is -1.10. The van der Waals surface area contributed by atoms with Crippen LogP contribution in [0.1, 0.15) is 40.0 Å². The Morgan fingerprint density at radius 1 is 1.28 bits per heavy atom. The normalized spacial score (nSPS) is 29.9. The van der Waals surface area contributed by atoms with Gasteiger partial charge in [0.2, 0.25) is 11.8 Å². The lowest BCUT2D eigenvalue weighted by molar-refractivity contribution is -0.132. The van der Waals surface area contributed by atoms with E-state index in [-0.39, 0.29) is 29.7 Å². The third-order valence-corrected chi connectivity index (χ3v) is 3.97. The summed E-state index contributed by atoms with van der Waals surface area (Å²) in [5.74, 6) is -0.519. The van der Waals surface area contributed by atoms with Crippen LogP contribution in [0.25, 0.3) is 0 Å². The van der Waals surface area contributed by atoms with Crippen molar-refractivity contribution in [3.05, 3.63) is 0 Å². The zero-order chi connectivity index (χ0) is 13.9. The predicted molar refractivity (Wildman–Crippen MR) is 70.4 cm³/mol. The highest BCUT2D eigenvalue weighted by Crippen LogP contribution is 2.29. The fourth-order valence-electron chi connectivity index (χ4n) is 2.59. The first-order valence-electron chi connectivity index (χ1n) is 6.69. The summed E-state index contributed by atoms with van der Waals surface area (Å²) in [5, 5.41) is 2.77. The maximum atomic E-state index is 12.2. The van der Waals surface area contributed by atoms with Crippen LogP contribution in [0.2, 0.25) is 0 Å². The van der Waals surface area contributed by atoms with E-state index >= 15 is 0 Å². The van der Waals surface area contributed by atoms with Crippen molar-refractivity contribution in [2.45, 2.75) is 52.1 Å². The Kier molecular flexibility index (Phi) is 5.14. The summed E-state index contributed by atoms with van der Waals surface area (Å²) in [6.45, 7) is 5.74. The van der Waals surface area contributed by atoms with Crippen LogP contribution in [0.3, 0.4) is 0 Å². The molecular formula is C13H25N3O2. The van der Waals surface area contributed by atoms with Crippen molar-refractivity contribution >= 4 is 11.8 Å². The molecule has 1 aliphatic carbocycles. The van der Waals surface area contributed by atoms with Crippen LogP contribution in [0.4, 0.5) is 0 Å². The zero-order valence-corrected chi connectivity index (χ0v) is 11.5. The second-order valence-electron chi connectivity index (χ2n) is 5.69. The van der Waals surface area contributed by atoms with Crippen molar-refractivity contribution in [2.75, 3.05) is 0 Å². The van der Waals surface area contributed by atoms with Gasteiger partial charge in [-0.3, -0.25) is 9.59 Å². The summed E-state index contributed by atoms with van der Waals surface area (Å²) in [4.78, 5) is 23.5. The lowest BCUT2D eigenvalue weighted by Crippen LogP contribution is -2.52. The van der Waals surface area contributed by atoms with Gasteiger partial charge < -0.3 is 16.8 Å². The first-order chi connectivity index (χ1) is 8.34. The second kappa shape index (κ2) is 6.18. The maximum absolute atomic E-state index is 12.2. The molecule has 0 aliphatic heterocycles. The number of nitrogens with one attached hydrogen (secondary N) is 1. The third kappa shape index (κ3) is 3.45. The number of hydrogen-bond donors (Lipinski definition) is 3. The van der Waals surface area contributed by atoms with E-state index < -0.39 is 11.9 Å². The average Bonchev–Trinajstić information content (AvgIpc) is 2.28. The Balaban J connectivity index is 2.66. The molecule has 104 valence electrons. The van der Waals surface area contributed by atoms with Gasteiger partial charge in [0.15, 0.2) is 0 Å². The maximum Gasteiger partial charge on any atom is 0.240 e. The van der Waals surface area contributed by atoms with Crippen LogP contribution in [0.15, 0.2) is 0 Å². The Labute approximate surface area is 109 Å².